The number of methoxy groups -OCH3 is 2. The molecular formula is C18H21N3O4. The van der Waals surface area contributed by atoms with E-state index >= 15 is 0 Å². The molecule has 2 aromatic rings. The molecule has 0 heterocycles. The van der Waals surface area contributed by atoms with Crippen LogP contribution in [0.15, 0.2) is 48.5 Å². The van der Waals surface area contributed by atoms with E-state index in [1.54, 1.807) is 49.4 Å². The minimum Gasteiger partial charge on any atom is -0.495 e. The van der Waals surface area contributed by atoms with Crippen molar-refractivity contribution in [2.24, 2.45) is 0 Å². The molecule has 0 bridgehead atoms. The number of ether oxygens (including phenoxy) is 2. The first-order valence-electron chi connectivity index (χ1n) is 7.68. The second-order valence-electron chi connectivity index (χ2n) is 5.23. The highest BCUT2D eigenvalue weighted by Gasteiger charge is 2.12. The molecule has 3 N–H and O–H groups in total. The number of rotatable bonds is 6. The van der Waals surface area contributed by atoms with Crippen molar-refractivity contribution in [3.8, 4) is 5.75 Å². The topological polar surface area (TPSA) is 88.7 Å². The van der Waals surface area contributed by atoms with Gasteiger partial charge >= 0.3 is 6.03 Å². The summed E-state index contributed by atoms with van der Waals surface area (Å²) in [6.07, 6.45) is -0.564. The molecule has 0 radical (unpaired) electrons. The quantitative estimate of drug-likeness (QED) is 0.751. The van der Waals surface area contributed by atoms with Crippen molar-refractivity contribution in [1.82, 2.24) is 0 Å². The Kier molecular flexibility index (Phi) is 6.36. The van der Waals surface area contributed by atoms with Gasteiger partial charge in [-0.25, -0.2) is 4.79 Å². The molecule has 0 fully saturated rings. The Hall–Kier alpha value is -3.06. The van der Waals surface area contributed by atoms with E-state index in [0.29, 0.717) is 22.8 Å². The number of nitrogens with one attached hydrogen (secondary N) is 3. The predicted molar refractivity (Wildman–Crippen MR) is 97.2 cm³/mol. The molecule has 0 unspecified atom stereocenters. The van der Waals surface area contributed by atoms with Crippen LogP contribution in [0.5, 0.6) is 5.75 Å². The molecule has 0 saturated heterocycles. The van der Waals surface area contributed by atoms with E-state index < -0.39 is 12.1 Å². The second kappa shape index (κ2) is 8.70. The Bertz CT molecular complexity index is 749. The third-order valence-corrected chi connectivity index (χ3v) is 3.47. The summed E-state index contributed by atoms with van der Waals surface area (Å²) in [5, 5.41) is 8.14. The van der Waals surface area contributed by atoms with Crippen molar-refractivity contribution in [3.05, 3.63) is 48.5 Å². The number of carbonyl (C=O) groups excluding carboxylic acids is 2. The predicted octanol–water partition coefficient (Wildman–Crippen LogP) is 3.31. The largest absolute Gasteiger partial charge is 0.495 e. The SMILES string of the molecule is COc1ccccc1NC(=O)Nc1cccc(NC(=O)[C@H](C)OC)c1. The fraction of sp³-hybridized carbons (Fsp3) is 0.222. The molecule has 0 saturated carbocycles. The van der Waals surface area contributed by atoms with Crippen LogP contribution in [0.4, 0.5) is 21.9 Å². The summed E-state index contributed by atoms with van der Waals surface area (Å²) in [5.41, 5.74) is 1.65. The van der Waals surface area contributed by atoms with E-state index in [1.807, 2.05) is 6.07 Å². The first-order valence-corrected chi connectivity index (χ1v) is 7.68. The van der Waals surface area contributed by atoms with Gasteiger partial charge in [-0.1, -0.05) is 18.2 Å². The lowest BCUT2D eigenvalue weighted by atomic mass is 10.2. The summed E-state index contributed by atoms with van der Waals surface area (Å²) < 4.78 is 10.2. The lowest BCUT2D eigenvalue weighted by molar-refractivity contribution is -0.124. The van der Waals surface area contributed by atoms with E-state index in [0.717, 1.165) is 0 Å². The monoisotopic (exact) mass is 343 g/mol. The zero-order valence-corrected chi connectivity index (χ0v) is 14.3. The van der Waals surface area contributed by atoms with Gasteiger partial charge in [0.15, 0.2) is 0 Å². The average Bonchev–Trinajstić information content (AvgIpc) is 2.61. The first kappa shape index (κ1) is 18.3. The van der Waals surface area contributed by atoms with Gasteiger partial charge < -0.3 is 25.4 Å². The highest BCUT2D eigenvalue weighted by Crippen LogP contribution is 2.23. The molecule has 2 aromatic carbocycles. The number of para-hydroxylation sites is 2. The van der Waals surface area contributed by atoms with Crippen molar-refractivity contribution >= 4 is 29.0 Å². The van der Waals surface area contributed by atoms with E-state index in [4.69, 9.17) is 9.47 Å². The Balaban J connectivity index is 2.01. The number of benzene rings is 2. The van der Waals surface area contributed by atoms with Gasteiger partial charge in [-0.2, -0.15) is 0 Å². The normalized spacial score (nSPS) is 11.3. The van der Waals surface area contributed by atoms with Crippen LogP contribution < -0.4 is 20.7 Å². The molecule has 0 aliphatic rings. The molecule has 25 heavy (non-hydrogen) atoms. The summed E-state index contributed by atoms with van der Waals surface area (Å²) >= 11 is 0. The van der Waals surface area contributed by atoms with Crippen molar-refractivity contribution in [1.29, 1.82) is 0 Å². The zero-order valence-electron chi connectivity index (χ0n) is 14.3. The van der Waals surface area contributed by atoms with E-state index in [1.165, 1.54) is 14.2 Å². The highest BCUT2D eigenvalue weighted by molar-refractivity contribution is 6.01. The fourth-order valence-electron chi connectivity index (χ4n) is 2.06. The Morgan fingerprint density at radius 1 is 0.920 bits per heavy atom. The maximum atomic E-state index is 12.2. The van der Waals surface area contributed by atoms with E-state index in [-0.39, 0.29) is 5.91 Å². The summed E-state index contributed by atoms with van der Waals surface area (Å²) in [6.45, 7) is 1.65. The minimum atomic E-state index is -0.564. The highest BCUT2D eigenvalue weighted by atomic mass is 16.5. The molecule has 7 nitrogen and oxygen atoms in total. The minimum absolute atomic E-state index is 0.266. The maximum absolute atomic E-state index is 12.2. The van der Waals surface area contributed by atoms with E-state index in [2.05, 4.69) is 16.0 Å². The van der Waals surface area contributed by atoms with Crippen molar-refractivity contribution in [3.63, 3.8) is 0 Å². The van der Waals surface area contributed by atoms with Gasteiger partial charge in [0.05, 0.1) is 12.8 Å². The number of anilines is 3. The number of urea groups is 1. The van der Waals surface area contributed by atoms with Crippen molar-refractivity contribution < 1.29 is 19.1 Å². The number of amides is 3. The molecule has 0 aliphatic carbocycles. The van der Waals surface area contributed by atoms with Crippen LogP contribution >= 0.6 is 0 Å². The fourth-order valence-corrected chi connectivity index (χ4v) is 2.06. The third kappa shape index (κ3) is 5.22. The molecule has 0 aromatic heterocycles. The molecule has 2 rings (SSSR count). The summed E-state index contributed by atoms with van der Waals surface area (Å²) in [7, 11) is 3.00. The molecule has 132 valence electrons. The van der Waals surface area contributed by atoms with Crippen LogP contribution in [0, 0.1) is 0 Å². The van der Waals surface area contributed by atoms with Crippen molar-refractivity contribution in [2.75, 3.05) is 30.2 Å². The molecular weight excluding hydrogens is 322 g/mol. The lowest BCUT2D eigenvalue weighted by Gasteiger charge is -2.13. The standard InChI is InChI=1S/C18H21N3O4/c1-12(24-2)17(22)19-13-7-6-8-14(11-13)20-18(23)21-15-9-4-5-10-16(15)25-3/h4-12H,1-3H3,(H,19,22)(H2,20,21,23)/t12-/m0/s1. The smallest absolute Gasteiger partial charge is 0.323 e. The first-order chi connectivity index (χ1) is 12.0. The Morgan fingerprint density at radius 2 is 1.60 bits per heavy atom. The van der Waals surface area contributed by atoms with Gasteiger partial charge in [0.2, 0.25) is 0 Å². The van der Waals surface area contributed by atoms with Crippen LogP contribution in [0.1, 0.15) is 6.92 Å². The van der Waals surface area contributed by atoms with Gasteiger partial charge in [0.25, 0.3) is 5.91 Å². The second-order valence-corrected chi connectivity index (χ2v) is 5.23. The maximum Gasteiger partial charge on any atom is 0.323 e. The summed E-state index contributed by atoms with van der Waals surface area (Å²) in [4.78, 5) is 24.0. The molecule has 0 aliphatic heterocycles. The summed E-state index contributed by atoms with van der Waals surface area (Å²) in [6, 6.07) is 13.5. The van der Waals surface area contributed by atoms with Crippen LogP contribution in [-0.4, -0.2) is 32.3 Å². The zero-order chi connectivity index (χ0) is 18.2. The van der Waals surface area contributed by atoms with Crippen LogP contribution in [0.25, 0.3) is 0 Å². The van der Waals surface area contributed by atoms with Gasteiger partial charge in [0.1, 0.15) is 11.9 Å². The van der Waals surface area contributed by atoms with Crippen LogP contribution in [0.3, 0.4) is 0 Å². The van der Waals surface area contributed by atoms with Gasteiger partial charge in [0, 0.05) is 18.5 Å². The van der Waals surface area contributed by atoms with E-state index in [9.17, 15) is 9.59 Å². The van der Waals surface area contributed by atoms with Gasteiger partial charge in [-0.05, 0) is 37.3 Å². The number of hydrogen-bond acceptors (Lipinski definition) is 4. The van der Waals surface area contributed by atoms with Crippen LogP contribution in [-0.2, 0) is 9.53 Å². The summed E-state index contributed by atoms with van der Waals surface area (Å²) in [5.74, 6) is 0.297. The molecule has 7 heteroatoms. The van der Waals surface area contributed by atoms with Crippen molar-refractivity contribution in [2.45, 2.75) is 13.0 Å². The molecule has 0 spiro atoms. The van der Waals surface area contributed by atoms with Crippen LogP contribution in [0.2, 0.25) is 0 Å². The average molecular weight is 343 g/mol. The Morgan fingerprint density at radius 3 is 2.28 bits per heavy atom. The molecule has 1 atom stereocenters. The van der Waals surface area contributed by atoms with Gasteiger partial charge in [-0.3, -0.25) is 4.79 Å². The number of hydrogen-bond donors (Lipinski definition) is 3. The third-order valence-electron chi connectivity index (χ3n) is 3.47. The number of carbonyl (C=O) groups is 2. The molecule has 3 amide bonds. The van der Waals surface area contributed by atoms with Gasteiger partial charge in [-0.15, -0.1) is 0 Å². The Labute approximate surface area is 146 Å². The lowest BCUT2D eigenvalue weighted by Crippen LogP contribution is -2.26.